The van der Waals surface area contributed by atoms with Crippen LogP contribution in [-0.4, -0.2) is 26.4 Å². The lowest BCUT2D eigenvalue weighted by atomic mass is 9.88. The predicted molar refractivity (Wildman–Crippen MR) is 79.6 cm³/mol. The molecular weight excluding hydrogens is 294 g/mol. The molecule has 2 rings (SSSR count). The number of rotatable bonds is 3. The lowest BCUT2D eigenvalue weighted by Gasteiger charge is -2.36. The number of hydrogen-bond donors (Lipinski definition) is 1. The molecule has 0 radical (unpaired) electrons. The van der Waals surface area contributed by atoms with E-state index in [4.69, 9.17) is 5.14 Å². The maximum atomic E-state index is 11.6. The Labute approximate surface area is 123 Å². The molecule has 1 fully saturated rings. The highest BCUT2D eigenvalue weighted by Crippen LogP contribution is 2.36. The molecule has 0 amide bonds. The third kappa shape index (κ3) is 3.16. The van der Waals surface area contributed by atoms with Crippen molar-refractivity contribution in [3.8, 4) is 0 Å². The normalized spacial score (nSPS) is 23.1. The van der Waals surface area contributed by atoms with Crippen molar-refractivity contribution in [3.63, 3.8) is 0 Å². The minimum atomic E-state index is -4.13. The predicted octanol–water partition coefficient (Wildman–Crippen LogP) is 1.72. The summed E-state index contributed by atoms with van der Waals surface area (Å²) in [5, 5.41) is 16.4. The van der Waals surface area contributed by atoms with Crippen molar-refractivity contribution in [2.75, 3.05) is 18.0 Å². The van der Waals surface area contributed by atoms with E-state index in [1.54, 1.807) is 6.07 Å². The smallest absolute Gasteiger partial charge is 0.312 e. The number of nitro benzene ring substituents is 1. The zero-order valence-electron chi connectivity index (χ0n) is 12.0. The Morgan fingerprint density at radius 1 is 1.33 bits per heavy atom. The van der Waals surface area contributed by atoms with Gasteiger partial charge in [0.1, 0.15) is 5.69 Å². The number of nitro groups is 1. The van der Waals surface area contributed by atoms with Gasteiger partial charge in [-0.25, -0.2) is 13.6 Å². The van der Waals surface area contributed by atoms with Gasteiger partial charge in [0, 0.05) is 13.1 Å². The summed E-state index contributed by atoms with van der Waals surface area (Å²) in [6.45, 7) is 5.57. The number of para-hydroxylation sites is 1. The average molecular weight is 313 g/mol. The Balaban J connectivity index is 2.52. The van der Waals surface area contributed by atoms with Crippen LogP contribution in [-0.2, 0) is 10.0 Å². The van der Waals surface area contributed by atoms with E-state index in [9.17, 15) is 18.5 Å². The molecule has 0 bridgehead atoms. The monoisotopic (exact) mass is 313 g/mol. The van der Waals surface area contributed by atoms with E-state index >= 15 is 0 Å². The molecule has 116 valence electrons. The first kappa shape index (κ1) is 15.7. The number of nitrogens with zero attached hydrogens (tertiary/aromatic N) is 2. The largest absolute Gasteiger partial charge is 0.366 e. The molecule has 1 saturated heterocycles. The zero-order chi connectivity index (χ0) is 15.8. The number of piperidine rings is 1. The molecule has 0 aliphatic carbocycles. The summed E-state index contributed by atoms with van der Waals surface area (Å²) >= 11 is 0. The van der Waals surface area contributed by atoms with Crippen molar-refractivity contribution in [1.29, 1.82) is 0 Å². The number of benzene rings is 1. The second-order valence-corrected chi connectivity index (χ2v) is 7.15. The summed E-state index contributed by atoms with van der Waals surface area (Å²) in [6.07, 6.45) is 0.915. The summed E-state index contributed by atoms with van der Waals surface area (Å²) in [6, 6.07) is 4.24. The summed E-state index contributed by atoms with van der Waals surface area (Å²) in [7, 11) is -4.13. The number of nitrogens with two attached hydrogens (primary N) is 1. The van der Waals surface area contributed by atoms with Crippen LogP contribution in [0.1, 0.15) is 20.3 Å². The number of hydrogen-bond acceptors (Lipinski definition) is 5. The molecule has 2 atom stereocenters. The van der Waals surface area contributed by atoms with Crippen LogP contribution in [0.2, 0.25) is 0 Å². The van der Waals surface area contributed by atoms with Crippen LogP contribution in [0.25, 0.3) is 0 Å². The Hall–Kier alpha value is -1.67. The SMILES string of the molecule is C[C@H]1CCN(c2cccc(S(N)(=O)=O)c2[N+](=O)[O-])C[C@@H]1C. The van der Waals surface area contributed by atoms with Crippen molar-refractivity contribution < 1.29 is 13.3 Å². The highest BCUT2D eigenvalue weighted by atomic mass is 32.2. The van der Waals surface area contributed by atoms with Crippen LogP contribution in [0.3, 0.4) is 0 Å². The summed E-state index contributed by atoms with van der Waals surface area (Å²) in [5.41, 5.74) is -0.105. The van der Waals surface area contributed by atoms with E-state index in [1.165, 1.54) is 12.1 Å². The molecule has 7 nitrogen and oxygen atoms in total. The molecular formula is C13H19N3O4S. The second kappa shape index (κ2) is 5.61. The van der Waals surface area contributed by atoms with Gasteiger partial charge in [-0.2, -0.15) is 0 Å². The first-order valence-corrected chi connectivity index (χ1v) is 8.31. The number of sulfonamides is 1. The Kier molecular flexibility index (Phi) is 4.20. The van der Waals surface area contributed by atoms with E-state index in [0.29, 0.717) is 30.6 Å². The fraction of sp³-hybridized carbons (Fsp3) is 0.538. The molecule has 1 aliphatic heterocycles. The molecule has 1 aromatic rings. The standard InChI is InChI=1S/C13H19N3O4S/c1-9-6-7-15(8-10(9)2)11-4-3-5-12(21(14,19)20)13(11)16(17)18/h3-5,9-10H,6-8H2,1-2H3,(H2,14,19,20)/t9-,10-/m0/s1. The van der Waals surface area contributed by atoms with Crippen molar-refractivity contribution >= 4 is 21.4 Å². The first-order chi connectivity index (χ1) is 9.71. The minimum absolute atomic E-state index is 0.324. The maximum Gasteiger partial charge on any atom is 0.312 e. The topological polar surface area (TPSA) is 107 Å². The van der Waals surface area contributed by atoms with Crippen LogP contribution in [0.4, 0.5) is 11.4 Å². The molecule has 1 aliphatic rings. The zero-order valence-corrected chi connectivity index (χ0v) is 12.8. The van der Waals surface area contributed by atoms with E-state index in [2.05, 4.69) is 13.8 Å². The second-order valence-electron chi connectivity index (χ2n) is 5.62. The molecule has 0 aromatic heterocycles. The van der Waals surface area contributed by atoms with Gasteiger partial charge in [0.05, 0.1) is 4.92 Å². The molecule has 1 heterocycles. The van der Waals surface area contributed by atoms with Crippen LogP contribution in [0.5, 0.6) is 0 Å². The van der Waals surface area contributed by atoms with Crippen molar-refractivity contribution in [3.05, 3.63) is 28.3 Å². The van der Waals surface area contributed by atoms with E-state index < -0.39 is 25.5 Å². The van der Waals surface area contributed by atoms with Gasteiger partial charge in [0.15, 0.2) is 4.90 Å². The van der Waals surface area contributed by atoms with Gasteiger partial charge in [-0.05, 0) is 30.4 Å². The third-order valence-electron chi connectivity index (χ3n) is 4.14. The molecule has 0 saturated carbocycles. The summed E-state index contributed by atoms with van der Waals surface area (Å²) in [5.74, 6) is 0.929. The summed E-state index contributed by atoms with van der Waals surface area (Å²) in [4.78, 5) is 12.1. The highest BCUT2D eigenvalue weighted by molar-refractivity contribution is 7.89. The van der Waals surface area contributed by atoms with Gasteiger partial charge in [-0.3, -0.25) is 10.1 Å². The molecule has 1 aromatic carbocycles. The number of primary sulfonamides is 1. The van der Waals surface area contributed by atoms with Crippen molar-refractivity contribution in [2.45, 2.75) is 25.2 Å². The van der Waals surface area contributed by atoms with Gasteiger partial charge in [-0.15, -0.1) is 0 Å². The van der Waals surface area contributed by atoms with Crippen LogP contribution >= 0.6 is 0 Å². The van der Waals surface area contributed by atoms with Crippen molar-refractivity contribution in [2.24, 2.45) is 17.0 Å². The first-order valence-electron chi connectivity index (χ1n) is 6.77. The molecule has 8 heteroatoms. The van der Waals surface area contributed by atoms with Crippen LogP contribution in [0.15, 0.2) is 23.1 Å². The van der Waals surface area contributed by atoms with Gasteiger partial charge in [-0.1, -0.05) is 19.9 Å². The highest BCUT2D eigenvalue weighted by Gasteiger charge is 2.32. The number of anilines is 1. The lowest BCUT2D eigenvalue weighted by Crippen LogP contribution is -2.38. The van der Waals surface area contributed by atoms with Crippen LogP contribution < -0.4 is 10.0 Å². The molecule has 2 N–H and O–H groups in total. The van der Waals surface area contributed by atoms with Gasteiger partial charge >= 0.3 is 5.69 Å². The van der Waals surface area contributed by atoms with E-state index in [1.807, 2.05) is 4.90 Å². The van der Waals surface area contributed by atoms with Gasteiger partial charge < -0.3 is 4.90 Å². The fourth-order valence-electron chi connectivity index (χ4n) is 2.66. The Bertz CT molecular complexity index is 659. The maximum absolute atomic E-state index is 11.6. The van der Waals surface area contributed by atoms with E-state index in [-0.39, 0.29) is 0 Å². The fourth-order valence-corrected chi connectivity index (χ4v) is 3.38. The lowest BCUT2D eigenvalue weighted by molar-refractivity contribution is -0.387. The van der Waals surface area contributed by atoms with Crippen LogP contribution in [0, 0.1) is 22.0 Å². The van der Waals surface area contributed by atoms with Crippen molar-refractivity contribution in [1.82, 2.24) is 0 Å². The molecule has 0 spiro atoms. The van der Waals surface area contributed by atoms with E-state index in [0.717, 1.165) is 6.42 Å². The minimum Gasteiger partial charge on any atom is -0.366 e. The van der Waals surface area contributed by atoms with Gasteiger partial charge in [0.25, 0.3) is 0 Å². The molecule has 0 unspecified atom stereocenters. The van der Waals surface area contributed by atoms with Gasteiger partial charge in [0.2, 0.25) is 10.0 Å². The Morgan fingerprint density at radius 3 is 2.52 bits per heavy atom. The summed E-state index contributed by atoms with van der Waals surface area (Å²) < 4.78 is 23.1. The quantitative estimate of drug-likeness (QED) is 0.675. The average Bonchev–Trinajstić information content (AvgIpc) is 2.40. The molecule has 21 heavy (non-hydrogen) atoms. The Morgan fingerprint density at radius 2 is 2.00 bits per heavy atom. The third-order valence-corrected chi connectivity index (χ3v) is 5.08.